The van der Waals surface area contributed by atoms with E-state index in [0.29, 0.717) is 56.8 Å². The lowest BCUT2D eigenvalue weighted by molar-refractivity contribution is 0.982. The third-order valence-electron chi connectivity index (χ3n) is 10.0. The molecule has 0 bridgehead atoms. The Bertz CT molecular complexity index is 2830. The van der Waals surface area contributed by atoms with Crippen LogP contribution >= 0.6 is 0 Å². The molecule has 58 heavy (non-hydrogen) atoms. The van der Waals surface area contributed by atoms with Crippen molar-refractivity contribution in [3.63, 3.8) is 0 Å². The number of benzene rings is 5. The molecule has 0 amide bonds. The molecule has 0 saturated heterocycles. The van der Waals surface area contributed by atoms with Gasteiger partial charge in [0.25, 0.3) is 0 Å². The molecule has 0 N–H and O–H groups in total. The Balaban J connectivity index is 1.16. The Morgan fingerprint density at radius 1 is 0.293 bits per heavy atom. The van der Waals surface area contributed by atoms with E-state index in [2.05, 4.69) is 36.5 Å². The van der Waals surface area contributed by atoms with Crippen LogP contribution in [-0.4, -0.2) is 40.3 Å². The molecule has 0 aliphatic rings. The summed E-state index contributed by atoms with van der Waals surface area (Å²) >= 11 is 0. The van der Waals surface area contributed by atoms with E-state index in [4.69, 9.17) is 30.1 Å². The number of rotatable bonds is 10. The summed E-state index contributed by atoms with van der Waals surface area (Å²) in [6.07, 6.45) is 7.25. The molecule has 0 aliphatic heterocycles. The number of hydrogen-bond donors (Lipinski definition) is 0. The van der Waals surface area contributed by atoms with Crippen LogP contribution < -0.4 is 0 Å². The summed E-state index contributed by atoms with van der Waals surface area (Å²) < 4.78 is 0. The third-order valence-corrected chi connectivity index (χ3v) is 10.0. The van der Waals surface area contributed by atoms with Crippen LogP contribution in [0.25, 0.3) is 114 Å². The van der Waals surface area contributed by atoms with Crippen LogP contribution in [0.3, 0.4) is 0 Å². The SMILES string of the molecule is C=Cc1ccc(-c2nnc(-c3ccc4ccc5ccc(-c6nnc(-c7ccc(C=C)cc7)c(-c7ccc(C=C)cc7)n6)nc5c4n3)nc2-c2ccc(C=C)cc2)cc1. The standard InChI is InChI=1S/C50H34N8/c1-5-31-9-17-35(18-10-31)45-47(39-21-13-33(7-3)14-22-39)55-57-49(53-45)41-29-27-37-25-26-38-28-30-42(52-44(38)43(37)51-41)50-54-46(36-19-11-32(6-2)12-20-36)48(56-58-50)40-23-15-34(8-4)16-24-40/h5-30H,1-4H2. The number of aromatic nitrogens is 8. The van der Waals surface area contributed by atoms with Crippen LogP contribution in [-0.2, 0) is 0 Å². The van der Waals surface area contributed by atoms with Crippen molar-refractivity contribution in [2.75, 3.05) is 0 Å². The predicted octanol–water partition coefficient (Wildman–Crippen LogP) is 11.7. The molecule has 0 aliphatic carbocycles. The summed E-state index contributed by atoms with van der Waals surface area (Å²) in [5.41, 5.74) is 12.8. The van der Waals surface area contributed by atoms with Crippen LogP contribution in [0.2, 0.25) is 0 Å². The Kier molecular flexibility index (Phi) is 9.33. The molecule has 0 radical (unpaired) electrons. The minimum Gasteiger partial charge on any atom is -0.242 e. The second kappa shape index (κ2) is 15.2. The molecule has 9 aromatic rings. The highest BCUT2D eigenvalue weighted by Crippen LogP contribution is 2.34. The van der Waals surface area contributed by atoms with Crippen LogP contribution in [0, 0.1) is 0 Å². The van der Waals surface area contributed by atoms with E-state index in [9.17, 15) is 0 Å². The first-order chi connectivity index (χ1) is 28.5. The van der Waals surface area contributed by atoms with Crippen molar-refractivity contribution in [3.8, 4) is 68.1 Å². The summed E-state index contributed by atoms with van der Waals surface area (Å²) in [5.74, 6) is 0.779. The van der Waals surface area contributed by atoms with Gasteiger partial charge < -0.3 is 0 Å². The molecule has 274 valence electrons. The monoisotopic (exact) mass is 746 g/mol. The first-order valence-corrected chi connectivity index (χ1v) is 18.6. The molecule has 4 heterocycles. The zero-order valence-electron chi connectivity index (χ0n) is 31.4. The third kappa shape index (κ3) is 6.75. The van der Waals surface area contributed by atoms with Gasteiger partial charge in [0.1, 0.15) is 34.2 Å². The van der Waals surface area contributed by atoms with Gasteiger partial charge in [0.2, 0.25) is 11.6 Å². The maximum absolute atomic E-state index is 5.12. The lowest BCUT2D eigenvalue weighted by atomic mass is 10.0. The molecule has 8 heteroatoms. The van der Waals surface area contributed by atoms with Crippen LogP contribution in [0.1, 0.15) is 22.3 Å². The zero-order valence-corrected chi connectivity index (χ0v) is 31.4. The number of hydrogen-bond acceptors (Lipinski definition) is 8. The number of nitrogens with zero attached hydrogens (tertiary/aromatic N) is 8. The highest BCUT2D eigenvalue weighted by atomic mass is 15.2. The number of pyridine rings is 2. The fourth-order valence-electron chi connectivity index (χ4n) is 6.79. The normalized spacial score (nSPS) is 11.0. The molecule has 0 spiro atoms. The van der Waals surface area contributed by atoms with Gasteiger partial charge in [-0.15, -0.1) is 20.4 Å². The van der Waals surface area contributed by atoms with Crippen LogP contribution in [0.4, 0.5) is 0 Å². The molecule has 5 aromatic carbocycles. The highest BCUT2D eigenvalue weighted by Gasteiger charge is 2.19. The maximum atomic E-state index is 5.12. The fraction of sp³-hybridized carbons (Fsp3) is 0. The average molecular weight is 747 g/mol. The summed E-state index contributed by atoms with van der Waals surface area (Å²) in [6.45, 7) is 15.6. The summed E-state index contributed by atoms with van der Waals surface area (Å²) in [5, 5.41) is 20.5. The van der Waals surface area contributed by atoms with E-state index in [0.717, 1.165) is 55.3 Å². The molecule has 0 unspecified atom stereocenters. The van der Waals surface area contributed by atoms with E-state index < -0.39 is 0 Å². The van der Waals surface area contributed by atoms with Gasteiger partial charge in [-0.1, -0.05) is 172 Å². The Labute approximate surface area is 335 Å². The average Bonchev–Trinajstić information content (AvgIpc) is 3.31. The molecule has 0 atom stereocenters. The van der Waals surface area contributed by atoms with E-state index in [1.165, 1.54) is 0 Å². The highest BCUT2D eigenvalue weighted by molar-refractivity contribution is 6.04. The van der Waals surface area contributed by atoms with Gasteiger partial charge in [0.15, 0.2) is 0 Å². The van der Waals surface area contributed by atoms with Gasteiger partial charge in [-0.3, -0.25) is 0 Å². The van der Waals surface area contributed by atoms with E-state index in [-0.39, 0.29) is 0 Å². The molecular weight excluding hydrogens is 713 g/mol. The second-order valence-corrected chi connectivity index (χ2v) is 13.6. The molecule has 4 aromatic heterocycles. The van der Waals surface area contributed by atoms with Crippen molar-refractivity contribution in [1.29, 1.82) is 0 Å². The van der Waals surface area contributed by atoms with Crippen molar-refractivity contribution >= 4 is 46.1 Å². The minimum absolute atomic E-state index is 0.390. The van der Waals surface area contributed by atoms with E-state index in [1.54, 1.807) is 0 Å². The summed E-state index contributed by atoms with van der Waals surface area (Å²) in [7, 11) is 0. The van der Waals surface area contributed by atoms with Crippen molar-refractivity contribution in [1.82, 2.24) is 40.3 Å². The van der Waals surface area contributed by atoms with Gasteiger partial charge in [0.05, 0.1) is 11.0 Å². The van der Waals surface area contributed by atoms with Gasteiger partial charge in [-0.05, 0) is 34.4 Å². The number of fused-ring (bicyclic) bond motifs is 3. The Hall–Kier alpha value is -8.10. The van der Waals surface area contributed by atoms with Crippen molar-refractivity contribution in [3.05, 3.63) is 182 Å². The molecular formula is C50H34N8. The second-order valence-electron chi connectivity index (χ2n) is 13.6. The van der Waals surface area contributed by atoms with Gasteiger partial charge >= 0.3 is 0 Å². The van der Waals surface area contributed by atoms with Crippen LogP contribution in [0.15, 0.2) is 160 Å². The smallest absolute Gasteiger partial charge is 0.201 e. The maximum Gasteiger partial charge on any atom is 0.201 e. The lowest BCUT2D eigenvalue weighted by Gasteiger charge is -2.12. The fourth-order valence-corrected chi connectivity index (χ4v) is 6.79. The van der Waals surface area contributed by atoms with E-state index >= 15 is 0 Å². The first kappa shape index (κ1) is 35.6. The zero-order chi connectivity index (χ0) is 39.6. The summed E-state index contributed by atoms with van der Waals surface area (Å²) in [4.78, 5) is 20.4. The molecule has 0 saturated carbocycles. The first-order valence-electron chi connectivity index (χ1n) is 18.6. The summed E-state index contributed by atoms with van der Waals surface area (Å²) in [6, 6.07) is 44.0. The minimum atomic E-state index is 0.390. The molecule has 8 nitrogen and oxygen atoms in total. The molecule has 0 fully saturated rings. The van der Waals surface area contributed by atoms with Crippen molar-refractivity contribution < 1.29 is 0 Å². The van der Waals surface area contributed by atoms with Crippen LogP contribution in [0.5, 0.6) is 0 Å². The largest absolute Gasteiger partial charge is 0.242 e. The van der Waals surface area contributed by atoms with Crippen molar-refractivity contribution in [2.24, 2.45) is 0 Å². The topological polar surface area (TPSA) is 103 Å². The Morgan fingerprint density at radius 3 is 0.897 bits per heavy atom. The van der Waals surface area contributed by atoms with Gasteiger partial charge in [-0.25, -0.2) is 19.9 Å². The Morgan fingerprint density at radius 2 is 0.586 bits per heavy atom. The van der Waals surface area contributed by atoms with Crippen molar-refractivity contribution in [2.45, 2.75) is 0 Å². The van der Waals surface area contributed by atoms with Gasteiger partial charge in [0, 0.05) is 33.0 Å². The van der Waals surface area contributed by atoms with E-state index in [1.807, 2.05) is 158 Å². The quantitative estimate of drug-likeness (QED) is 0.127. The van der Waals surface area contributed by atoms with Gasteiger partial charge in [-0.2, -0.15) is 0 Å². The molecule has 9 rings (SSSR count). The lowest BCUT2D eigenvalue weighted by Crippen LogP contribution is -2.02. The predicted molar refractivity (Wildman–Crippen MR) is 237 cm³/mol.